The van der Waals surface area contributed by atoms with Crippen LogP contribution in [0.5, 0.6) is 0 Å². The lowest BCUT2D eigenvalue weighted by atomic mass is 10.2. The summed E-state index contributed by atoms with van der Waals surface area (Å²) in [6, 6.07) is 10.5. The van der Waals surface area contributed by atoms with Crippen molar-refractivity contribution >= 4 is 18.0 Å². The molecule has 0 bridgehead atoms. The van der Waals surface area contributed by atoms with E-state index in [9.17, 15) is 0 Å². The van der Waals surface area contributed by atoms with E-state index < -0.39 is 0 Å². The topological polar surface area (TPSA) is 12.4 Å². The van der Waals surface area contributed by atoms with Crippen molar-refractivity contribution in [3.8, 4) is 0 Å². The predicted octanol–water partition coefficient (Wildman–Crippen LogP) is 3.96. The van der Waals surface area contributed by atoms with E-state index in [0.717, 1.165) is 5.75 Å². The molecule has 80 valence electrons. The van der Waals surface area contributed by atoms with Crippen LogP contribution >= 0.6 is 11.8 Å². The van der Waals surface area contributed by atoms with Crippen molar-refractivity contribution < 1.29 is 0 Å². The number of thioether (sulfide) groups is 1. The maximum atomic E-state index is 4.09. The van der Waals surface area contributed by atoms with E-state index >= 15 is 0 Å². The van der Waals surface area contributed by atoms with E-state index in [2.05, 4.69) is 35.3 Å². The van der Waals surface area contributed by atoms with Crippen LogP contribution in [0.4, 0.5) is 0 Å². The molecular formula is C14H13NS. The highest BCUT2D eigenvalue weighted by atomic mass is 32.2. The average Bonchev–Trinajstić information content (AvgIpc) is 2.29. The zero-order valence-corrected chi connectivity index (χ0v) is 9.73. The number of hydrogen-bond acceptors (Lipinski definition) is 2. The third-order valence-corrected chi connectivity index (χ3v) is 3.20. The van der Waals surface area contributed by atoms with Gasteiger partial charge in [0.15, 0.2) is 0 Å². The lowest BCUT2D eigenvalue weighted by Gasteiger charge is -2.02. The van der Waals surface area contributed by atoms with Gasteiger partial charge in [-0.25, -0.2) is 0 Å². The van der Waals surface area contributed by atoms with E-state index in [1.165, 1.54) is 10.5 Å². The van der Waals surface area contributed by atoms with Crippen molar-refractivity contribution in [3.63, 3.8) is 0 Å². The van der Waals surface area contributed by atoms with Crippen LogP contribution < -0.4 is 0 Å². The third-order valence-electron chi connectivity index (χ3n) is 2.12. The summed E-state index contributed by atoms with van der Waals surface area (Å²) in [6.45, 7) is 0. The summed E-state index contributed by atoms with van der Waals surface area (Å²) in [7, 11) is 0. The fourth-order valence-electron chi connectivity index (χ4n) is 1.31. The summed E-state index contributed by atoms with van der Waals surface area (Å²) < 4.78 is 0. The Balaban J connectivity index is 1.95. The van der Waals surface area contributed by atoms with Gasteiger partial charge in [0, 0.05) is 23.1 Å². The maximum absolute atomic E-state index is 4.09. The van der Waals surface area contributed by atoms with Crippen molar-refractivity contribution in [1.82, 2.24) is 0 Å². The molecule has 0 spiro atoms. The molecule has 1 aromatic carbocycles. The van der Waals surface area contributed by atoms with Crippen molar-refractivity contribution in [1.29, 1.82) is 0 Å². The van der Waals surface area contributed by atoms with Gasteiger partial charge in [-0.1, -0.05) is 36.4 Å². The Morgan fingerprint density at radius 3 is 2.81 bits per heavy atom. The molecule has 0 fully saturated rings. The largest absolute Gasteiger partial charge is 0.265 e. The summed E-state index contributed by atoms with van der Waals surface area (Å²) >= 11 is 1.82. The summed E-state index contributed by atoms with van der Waals surface area (Å²) in [4.78, 5) is 5.32. The van der Waals surface area contributed by atoms with Crippen molar-refractivity contribution in [2.45, 2.75) is 5.75 Å². The Morgan fingerprint density at radius 1 is 1.06 bits per heavy atom. The van der Waals surface area contributed by atoms with Crippen LogP contribution in [0.15, 0.2) is 70.7 Å². The lowest BCUT2D eigenvalue weighted by Crippen LogP contribution is -1.80. The molecule has 2 heteroatoms. The highest BCUT2D eigenvalue weighted by molar-refractivity contribution is 8.02. The molecule has 0 radical (unpaired) electrons. The molecule has 1 aliphatic rings. The standard InChI is InChI=1S/C14H13NS/c1-2-6-13(7-3-1)12-16-14-8-4-5-10-15-11-9-14/h1-11H,12H2/b5-4-,8-4?,10-5?,11-9-,14-8+,14-9?,15-10-,15-11?. The van der Waals surface area contributed by atoms with Crippen LogP contribution in [0.25, 0.3) is 0 Å². The number of allylic oxidation sites excluding steroid dienone is 4. The second kappa shape index (κ2) is 6.13. The average molecular weight is 227 g/mol. The molecule has 0 amide bonds. The number of nitrogens with zero attached hydrogens (tertiary/aromatic N) is 1. The first kappa shape index (κ1) is 11.0. The SMILES string of the molecule is C1=C\C=C(SCc2ccccc2)/C=C\N=C/1. The summed E-state index contributed by atoms with van der Waals surface area (Å²) in [5.41, 5.74) is 1.34. The summed E-state index contributed by atoms with van der Waals surface area (Å²) in [6.07, 6.45) is 11.7. The Bertz CT molecular complexity index is 441. The highest BCUT2D eigenvalue weighted by Crippen LogP contribution is 2.22. The first-order valence-electron chi connectivity index (χ1n) is 5.18. The minimum Gasteiger partial charge on any atom is -0.265 e. The van der Waals surface area contributed by atoms with E-state index in [1.807, 2.05) is 42.3 Å². The quantitative estimate of drug-likeness (QED) is 0.761. The van der Waals surface area contributed by atoms with E-state index in [1.54, 1.807) is 6.21 Å². The predicted molar refractivity (Wildman–Crippen MR) is 72.6 cm³/mol. The van der Waals surface area contributed by atoms with Gasteiger partial charge in [-0.3, -0.25) is 4.99 Å². The molecule has 2 rings (SSSR count). The molecule has 0 saturated heterocycles. The molecule has 1 aromatic rings. The van der Waals surface area contributed by atoms with Gasteiger partial charge in [-0.05, 0) is 23.8 Å². The minimum absolute atomic E-state index is 0.995. The zero-order chi connectivity index (χ0) is 11.1. The molecule has 1 aliphatic heterocycles. The number of benzene rings is 1. The first-order chi connectivity index (χ1) is 7.95. The van der Waals surface area contributed by atoms with Crippen LogP contribution in [-0.4, -0.2) is 6.21 Å². The Morgan fingerprint density at radius 2 is 1.94 bits per heavy atom. The van der Waals surface area contributed by atoms with E-state index in [-0.39, 0.29) is 0 Å². The highest BCUT2D eigenvalue weighted by Gasteiger charge is 1.95. The Hall–Kier alpha value is -1.54. The van der Waals surface area contributed by atoms with Crippen LogP contribution in [-0.2, 0) is 5.75 Å². The maximum Gasteiger partial charge on any atom is 0.0278 e. The summed E-state index contributed by atoms with van der Waals surface area (Å²) in [5.74, 6) is 0.995. The summed E-state index contributed by atoms with van der Waals surface area (Å²) in [5, 5.41) is 0. The van der Waals surface area contributed by atoms with Crippen LogP contribution in [0.1, 0.15) is 5.56 Å². The fourth-order valence-corrected chi connectivity index (χ4v) is 2.17. The van der Waals surface area contributed by atoms with Gasteiger partial charge >= 0.3 is 0 Å². The molecule has 0 atom stereocenters. The second-order valence-electron chi connectivity index (χ2n) is 3.34. The van der Waals surface area contributed by atoms with Gasteiger partial charge in [0.1, 0.15) is 0 Å². The molecule has 0 N–H and O–H groups in total. The lowest BCUT2D eigenvalue weighted by molar-refractivity contribution is 1.42. The van der Waals surface area contributed by atoms with E-state index in [4.69, 9.17) is 0 Å². The van der Waals surface area contributed by atoms with Crippen molar-refractivity contribution in [2.75, 3.05) is 0 Å². The fraction of sp³-hybridized carbons (Fsp3) is 0.0714. The Labute approximate surface area is 100 Å². The first-order valence-corrected chi connectivity index (χ1v) is 6.17. The number of rotatable bonds is 3. The molecule has 0 saturated carbocycles. The molecular weight excluding hydrogens is 214 g/mol. The Kier molecular flexibility index (Phi) is 4.20. The van der Waals surface area contributed by atoms with Gasteiger partial charge in [-0.15, -0.1) is 11.8 Å². The molecule has 16 heavy (non-hydrogen) atoms. The second-order valence-corrected chi connectivity index (χ2v) is 4.39. The smallest absolute Gasteiger partial charge is 0.0278 e. The van der Waals surface area contributed by atoms with Crippen LogP contribution in [0.2, 0.25) is 0 Å². The zero-order valence-electron chi connectivity index (χ0n) is 8.91. The van der Waals surface area contributed by atoms with Crippen molar-refractivity contribution in [2.24, 2.45) is 4.99 Å². The number of aliphatic imine (C=N–C) groups is 1. The molecule has 1 heterocycles. The normalized spacial score (nSPS) is 23.6. The van der Waals surface area contributed by atoms with Crippen molar-refractivity contribution in [3.05, 3.63) is 71.3 Å². The monoisotopic (exact) mass is 227 g/mol. The molecule has 0 aliphatic carbocycles. The van der Waals surface area contributed by atoms with Gasteiger partial charge in [0.25, 0.3) is 0 Å². The van der Waals surface area contributed by atoms with Gasteiger partial charge in [-0.2, -0.15) is 0 Å². The molecule has 0 aromatic heterocycles. The van der Waals surface area contributed by atoms with E-state index in [0.29, 0.717) is 0 Å². The molecule has 1 nitrogen and oxygen atoms in total. The van der Waals surface area contributed by atoms with Gasteiger partial charge in [0.2, 0.25) is 0 Å². The molecule has 0 unspecified atom stereocenters. The van der Waals surface area contributed by atoms with Gasteiger partial charge < -0.3 is 0 Å². The number of hydrogen-bond donors (Lipinski definition) is 0. The van der Waals surface area contributed by atoms with Crippen LogP contribution in [0.3, 0.4) is 0 Å². The van der Waals surface area contributed by atoms with Crippen LogP contribution in [0, 0.1) is 0 Å². The third kappa shape index (κ3) is 3.55. The van der Waals surface area contributed by atoms with Gasteiger partial charge in [0.05, 0.1) is 0 Å². The minimum atomic E-state index is 0.995.